The average molecular weight is 507 g/mol. The first-order valence-electron chi connectivity index (χ1n) is 12.5. The molecule has 0 spiro atoms. The maximum atomic E-state index is 13.1. The van der Waals surface area contributed by atoms with Gasteiger partial charge in [-0.3, -0.25) is 4.79 Å². The first-order valence-corrected chi connectivity index (χ1v) is 12.9. The largest absolute Gasteiger partial charge is 0.486 e. The highest BCUT2D eigenvalue weighted by molar-refractivity contribution is 6.30. The third-order valence-electron chi connectivity index (χ3n) is 6.77. The first kappa shape index (κ1) is 24.6. The predicted octanol–water partition coefficient (Wildman–Crippen LogP) is 4.63. The standard InChI is InChI=1S/C29H31ClN2O4/c30-24-5-3-4-22(17-24)21-8-6-20(7-9-21)16-28(33)31-25(19-32-12-1-2-13-32)29(34)23-10-11-26-27(18-23)36-15-14-35-26/h3-11,17-18,25,29,34H,1-2,12-16,19H2,(H,31,33)/t25-,29-/m0/s1. The van der Waals surface area contributed by atoms with E-state index >= 15 is 0 Å². The Bertz CT molecular complexity index is 1190. The van der Waals surface area contributed by atoms with Crippen LogP contribution in [-0.4, -0.2) is 54.8 Å². The number of hydrogen-bond donors (Lipinski definition) is 2. The van der Waals surface area contributed by atoms with Gasteiger partial charge in [0.1, 0.15) is 19.3 Å². The van der Waals surface area contributed by atoms with Crippen molar-refractivity contribution in [3.8, 4) is 22.6 Å². The monoisotopic (exact) mass is 506 g/mol. The Morgan fingerprint density at radius 1 is 0.944 bits per heavy atom. The summed E-state index contributed by atoms with van der Waals surface area (Å²) < 4.78 is 11.3. The number of nitrogens with zero attached hydrogens (tertiary/aromatic N) is 1. The predicted molar refractivity (Wildman–Crippen MR) is 141 cm³/mol. The van der Waals surface area contributed by atoms with E-state index in [-0.39, 0.29) is 12.3 Å². The fraction of sp³-hybridized carbons (Fsp3) is 0.345. The zero-order valence-corrected chi connectivity index (χ0v) is 20.9. The number of halogens is 1. The van der Waals surface area contributed by atoms with Crippen LogP contribution in [0.15, 0.2) is 66.7 Å². The van der Waals surface area contributed by atoms with E-state index in [0.717, 1.165) is 42.6 Å². The first-order chi connectivity index (χ1) is 17.5. The van der Waals surface area contributed by atoms with E-state index in [2.05, 4.69) is 10.2 Å². The van der Waals surface area contributed by atoms with Gasteiger partial charge in [0.05, 0.1) is 12.5 Å². The molecule has 1 amide bonds. The van der Waals surface area contributed by atoms with Gasteiger partial charge in [0.25, 0.3) is 0 Å². The number of hydrogen-bond acceptors (Lipinski definition) is 5. The molecule has 0 unspecified atom stereocenters. The van der Waals surface area contributed by atoms with Gasteiger partial charge >= 0.3 is 0 Å². The Morgan fingerprint density at radius 3 is 2.44 bits per heavy atom. The van der Waals surface area contributed by atoms with E-state index < -0.39 is 12.1 Å². The quantitative estimate of drug-likeness (QED) is 0.466. The van der Waals surface area contributed by atoms with Crippen LogP contribution in [-0.2, 0) is 11.2 Å². The molecule has 3 aromatic carbocycles. The normalized spacial score (nSPS) is 16.9. The van der Waals surface area contributed by atoms with Gasteiger partial charge in [-0.15, -0.1) is 0 Å². The molecule has 2 aliphatic rings. The lowest BCUT2D eigenvalue weighted by atomic mass is 10.00. The van der Waals surface area contributed by atoms with E-state index in [4.69, 9.17) is 21.1 Å². The number of likely N-dealkylation sites (tertiary alicyclic amines) is 1. The second-order valence-electron chi connectivity index (χ2n) is 9.41. The highest BCUT2D eigenvalue weighted by Gasteiger charge is 2.28. The number of aliphatic hydroxyl groups excluding tert-OH is 1. The fourth-order valence-corrected chi connectivity index (χ4v) is 5.06. The molecule has 36 heavy (non-hydrogen) atoms. The molecule has 3 aromatic rings. The van der Waals surface area contributed by atoms with Gasteiger partial charge in [-0.2, -0.15) is 0 Å². The topological polar surface area (TPSA) is 71.0 Å². The van der Waals surface area contributed by atoms with E-state index in [1.807, 2.05) is 66.7 Å². The van der Waals surface area contributed by atoms with Crippen molar-refractivity contribution in [1.29, 1.82) is 0 Å². The number of ether oxygens (including phenoxy) is 2. The molecule has 6 nitrogen and oxygen atoms in total. The van der Waals surface area contributed by atoms with Crippen molar-refractivity contribution < 1.29 is 19.4 Å². The number of amides is 1. The third-order valence-corrected chi connectivity index (χ3v) is 7.00. The fourth-order valence-electron chi connectivity index (χ4n) is 4.87. The van der Waals surface area contributed by atoms with Gasteiger partial charge in [-0.1, -0.05) is 54.1 Å². The molecule has 7 heteroatoms. The number of fused-ring (bicyclic) bond motifs is 1. The zero-order chi connectivity index (χ0) is 24.9. The van der Waals surface area contributed by atoms with Crippen LogP contribution in [0.25, 0.3) is 11.1 Å². The molecule has 0 radical (unpaired) electrons. The molecular weight excluding hydrogens is 476 g/mol. The van der Waals surface area contributed by atoms with E-state index in [0.29, 0.717) is 41.8 Å². The number of rotatable bonds is 8. The lowest BCUT2D eigenvalue weighted by molar-refractivity contribution is -0.122. The minimum Gasteiger partial charge on any atom is -0.486 e. The SMILES string of the molecule is O=C(Cc1ccc(-c2cccc(Cl)c2)cc1)N[C@@H](CN1CCCC1)[C@@H](O)c1ccc2c(c1)OCCO2. The van der Waals surface area contributed by atoms with Crippen LogP contribution < -0.4 is 14.8 Å². The molecule has 0 bridgehead atoms. The summed E-state index contributed by atoms with van der Waals surface area (Å²) in [5.74, 6) is 1.19. The Balaban J connectivity index is 1.27. The average Bonchev–Trinajstić information content (AvgIpc) is 3.41. The second-order valence-corrected chi connectivity index (χ2v) is 9.85. The van der Waals surface area contributed by atoms with Crippen LogP contribution >= 0.6 is 11.6 Å². The summed E-state index contributed by atoms with van der Waals surface area (Å²) in [4.78, 5) is 15.4. The Hall–Kier alpha value is -3.06. The van der Waals surface area contributed by atoms with Gasteiger partial charge in [0.2, 0.25) is 5.91 Å². The van der Waals surface area contributed by atoms with E-state index in [9.17, 15) is 9.90 Å². The van der Waals surface area contributed by atoms with Crippen molar-refractivity contribution in [2.24, 2.45) is 0 Å². The molecule has 0 aromatic heterocycles. The maximum Gasteiger partial charge on any atom is 0.224 e. The highest BCUT2D eigenvalue weighted by Crippen LogP contribution is 2.33. The van der Waals surface area contributed by atoms with E-state index in [1.165, 1.54) is 0 Å². The molecule has 2 heterocycles. The Morgan fingerprint density at radius 2 is 1.69 bits per heavy atom. The Labute approximate surface area is 216 Å². The molecule has 2 aliphatic heterocycles. The highest BCUT2D eigenvalue weighted by atomic mass is 35.5. The lowest BCUT2D eigenvalue weighted by Gasteiger charge is -2.29. The molecule has 1 fully saturated rings. The van der Waals surface area contributed by atoms with Crippen LogP contribution in [0.1, 0.15) is 30.1 Å². The third kappa shape index (κ3) is 6.01. The van der Waals surface area contributed by atoms with Gasteiger partial charge in [-0.25, -0.2) is 0 Å². The molecule has 2 N–H and O–H groups in total. The summed E-state index contributed by atoms with van der Waals surface area (Å²) in [6.07, 6.45) is 1.65. The van der Waals surface area contributed by atoms with Crippen molar-refractivity contribution in [3.63, 3.8) is 0 Å². The van der Waals surface area contributed by atoms with Crippen LogP contribution in [0.5, 0.6) is 11.5 Å². The van der Waals surface area contributed by atoms with Crippen molar-refractivity contribution in [2.45, 2.75) is 31.4 Å². The maximum absolute atomic E-state index is 13.1. The van der Waals surface area contributed by atoms with Crippen molar-refractivity contribution in [2.75, 3.05) is 32.8 Å². The van der Waals surface area contributed by atoms with Crippen LogP contribution in [0.3, 0.4) is 0 Å². The lowest BCUT2D eigenvalue weighted by Crippen LogP contribution is -2.47. The molecule has 0 saturated carbocycles. The van der Waals surface area contributed by atoms with Crippen molar-refractivity contribution >= 4 is 17.5 Å². The number of nitrogens with one attached hydrogen (secondary N) is 1. The van der Waals surface area contributed by atoms with Crippen LogP contribution in [0.2, 0.25) is 5.02 Å². The number of carbonyl (C=O) groups excluding carboxylic acids is 1. The van der Waals surface area contributed by atoms with Crippen molar-refractivity contribution in [1.82, 2.24) is 10.2 Å². The summed E-state index contributed by atoms with van der Waals surface area (Å²) in [7, 11) is 0. The summed E-state index contributed by atoms with van der Waals surface area (Å²) in [6.45, 7) is 3.55. The van der Waals surface area contributed by atoms with Crippen molar-refractivity contribution in [3.05, 3.63) is 82.9 Å². The van der Waals surface area contributed by atoms with Gasteiger partial charge < -0.3 is 24.8 Å². The Kier molecular flexibility index (Phi) is 7.75. The number of carbonyl (C=O) groups is 1. The van der Waals surface area contributed by atoms with Crippen LogP contribution in [0, 0.1) is 0 Å². The number of benzene rings is 3. The van der Waals surface area contributed by atoms with Gasteiger partial charge in [-0.05, 0) is 72.5 Å². The number of aliphatic hydroxyl groups is 1. The zero-order valence-electron chi connectivity index (χ0n) is 20.2. The summed E-state index contributed by atoms with van der Waals surface area (Å²) >= 11 is 6.12. The molecule has 0 aliphatic carbocycles. The smallest absolute Gasteiger partial charge is 0.224 e. The molecular formula is C29H31ClN2O4. The molecule has 1 saturated heterocycles. The summed E-state index contributed by atoms with van der Waals surface area (Å²) in [6, 6.07) is 20.7. The summed E-state index contributed by atoms with van der Waals surface area (Å²) in [5.41, 5.74) is 3.69. The minimum atomic E-state index is -0.865. The van der Waals surface area contributed by atoms with E-state index in [1.54, 1.807) is 0 Å². The molecule has 2 atom stereocenters. The molecule has 188 valence electrons. The minimum absolute atomic E-state index is 0.119. The van der Waals surface area contributed by atoms with Crippen LogP contribution in [0.4, 0.5) is 0 Å². The summed E-state index contributed by atoms with van der Waals surface area (Å²) in [5, 5.41) is 15.1. The van der Waals surface area contributed by atoms with Gasteiger partial charge in [0.15, 0.2) is 11.5 Å². The molecule has 5 rings (SSSR count). The second kappa shape index (κ2) is 11.3. The van der Waals surface area contributed by atoms with Gasteiger partial charge in [0, 0.05) is 11.6 Å².